The van der Waals surface area contributed by atoms with E-state index in [1.54, 1.807) is 6.07 Å². The first-order valence-electron chi connectivity index (χ1n) is 7.17. The van der Waals surface area contributed by atoms with Crippen LogP contribution >= 0.6 is 0 Å². The molecule has 0 spiro atoms. The predicted octanol–water partition coefficient (Wildman–Crippen LogP) is 2.71. The average Bonchev–Trinajstić information content (AvgIpc) is 2.49. The minimum atomic E-state index is 0.0117. The number of pyridine rings is 1. The molecule has 1 aromatic carbocycles. The summed E-state index contributed by atoms with van der Waals surface area (Å²) in [4.78, 5) is 4.42. The topological polar surface area (TPSA) is 81.2 Å². The zero-order valence-electron chi connectivity index (χ0n) is 12.3. The lowest BCUT2D eigenvalue weighted by Crippen LogP contribution is -2.13. The quantitative estimate of drug-likeness (QED) is 0.444. The lowest BCUT2D eigenvalue weighted by molar-refractivity contribution is 0.0966. The number of rotatable bonds is 8. The summed E-state index contributed by atoms with van der Waals surface area (Å²) in [5.74, 6) is 0.482. The van der Waals surface area contributed by atoms with Crippen LogP contribution in [0.2, 0.25) is 0 Å². The van der Waals surface area contributed by atoms with E-state index in [0.29, 0.717) is 24.7 Å². The Morgan fingerprint density at radius 2 is 2.05 bits per heavy atom. The molecule has 0 aliphatic rings. The number of aromatic nitrogens is 1. The predicted molar refractivity (Wildman–Crippen MR) is 84.0 cm³/mol. The van der Waals surface area contributed by atoms with Gasteiger partial charge in [0, 0.05) is 23.6 Å². The van der Waals surface area contributed by atoms with E-state index in [4.69, 9.17) is 20.6 Å². The third-order valence-corrected chi connectivity index (χ3v) is 3.10. The van der Waals surface area contributed by atoms with Crippen molar-refractivity contribution in [3.05, 3.63) is 35.9 Å². The van der Waals surface area contributed by atoms with Crippen LogP contribution in [-0.4, -0.2) is 30.6 Å². The van der Waals surface area contributed by atoms with Gasteiger partial charge in [-0.1, -0.05) is 31.5 Å². The maximum Gasteiger partial charge on any atom is 0.214 e. The standard InChI is InChI=1S/C16H21N3O2/c1-2-3-8-20-9-10-21-15-11-13(16(17)18)12-6-4-5-7-14(12)19-15/h4-7,11H,2-3,8-10H2,1H3,(H3,17,18). The zero-order valence-corrected chi connectivity index (χ0v) is 12.3. The van der Waals surface area contributed by atoms with Gasteiger partial charge in [0.15, 0.2) is 0 Å². The summed E-state index contributed by atoms with van der Waals surface area (Å²) >= 11 is 0. The maximum atomic E-state index is 7.67. The third kappa shape index (κ3) is 4.16. The number of benzene rings is 1. The molecule has 2 rings (SSSR count). The van der Waals surface area contributed by atoms with Gasteiger partial charge >= 0.3 is 0 Å². The Kier molecular flexibility index (Phi) is 5.51. The number of amidine groups is 1. The zero-order chi connectivity index (χ0) is 15.1. The van der Waals surface area contributed by atoms with Crippen molar-refractivity contribution in [3.8, 4) is 5.88 Å². The summed E-state index contributed by atoms with van der Waals surface area (Å²) in [6.07, 6.45) is 2.18. The van der Waals surface area contributed by atoms with Crippen molar-refractivity contribution in [1.29, 1.82) is 5.41 Å². The van der Waals surface area contributed by atoms with E-state index in [-0.39, 0.29) is 5.84 Å². The van der Waals surface area contributed by atoms with Gasteiger partial charge < -0.3 is 15.2 Å². The summed E-state index contributed by atoms with van der Waals surface area (Å²) in [7, 11) is 0. The second-order valence-electron chi connectivity index (χ2n) is 4.75. The number of hydrogen-bond donors (Lipinski definition) is 2. The Bertz CT molecular complexity index is 613. The van der Waals surface area contributed by atoms with Crippen LogP contribution in [0.25, 0.3) is 10.9 Å². The van der Waals surface area contributed by atoms with Crippen molar-refractivity contribution in [3.63, 3.8) is 0 Å². The number of fused-ring (bicyclic) bond motifs is 1. The van der Waals surface area contributed by atoms with Gasteiger partial charge in [-0.25, -0.2) is 4.98 Å². The lowest BCUT2D eigenvalue weighted by Gasteiger charge is -2.10. The van der Waals surface area contributed by atoms with Gasteiger partial charge in [-0.15, -0.1) is 0 Å². The molecule has 0 bridgehead atoms. The molecule has 21 heavy (non-hydrogen) atoms. The minimum absolute atomic E-state index is 0.0117. The number of nitrogens with zero attached hydrogens (tertiary/aromatic N) is 1. The molecule has 0 aliphatic carbocycles. The highest BCUT2D eigenvalue weighted by atomic mass is 16.5. The molecule has 1 aromatic heterocycles. The van der Waals surface area contributed by atoms with Gasteiger partial charge in [-0.3, -0.25) is 5.41 Å². The molecular formula is C16H21N3O2. The molecule has 5 heteroatoms. The molecule has 0 saturated carbocycles. The molecule has 0 amide bonds. The van der Waals surface area contributed by atoms with E-state index >= 15 is 0 Å². The largest absolute Gasteiger partial charge is 0.475 e. The fourth-order valence-electron chi connectivity index (χ4n) is 2.00. The van der Waals surface area contributed by atoms with E-state index in [1.165, 1.54) is 0 Å². The first kappa shape index (κ1) is 15.3. The van der Waals surface area contributed by atoms with Crippen LogP contribution in [0.15, 0.2) is 30.3 Å². The summed E-state index contributed by atoms with van der Waals surface area (Å²) in [6.45, 7) is 3.85. The molecule has 1 heterocycles. The van der Waals surface area contributed by atoms with Crippen molar-refractivity contribution in [2.45, 2.75) is 19.8 Å². The normalized spacial score (nSPS) is 10.7. The van der Waals surface area contributed by atoms with Crippen molar-refractivity contribution in [1.82, 2.24) is 4.98 Å². The number of ether oxygens (including phenoxy) is 2. The van der Waals surface area contributed by atoms with Gasteiger partial charge in [0.05, 0.1) is 12.1 Å². The smallest absolute Gasteiger partial charge is 0.214 e. The summed E-state index contributed by atoms with van der Waals surface area (Å²) < 4.78 is 11.0. The van der Waals surface area contributed by atoms with E-state index in [2.05, 4.69) is 11.9 Å². The Morgan fingerprint density at radius 1 is 1.24 bits per heavy atom. The van der Waals surface area contributed by atoms with E-state index < -0.39 is 0 Å². The van der Waals surface area contributed by atoms with Crippen molar-refractivity contribution in [2.75, 3.05) is 19.8 Å². The molecule has 0 saturated heterocycles. The summed E-state index contributed by atoms with van der Waals surface area (Å²) in [5.41, 5.74) is 7.05. The number of unbranched alkanes of at least 4 members (excludes halogenated alkanes) is 1. The van der Waals surface area contributed by atoms with Gasteiger partial charge in [-0.2, -0.15) is 0 Å². The first-order valence-corrected chi connectivity index (χ1v) is 7.17. The lowest BCUT2D eigenvalue weighted by atomic mass is 10.1. The molecule has 0 fully saturated rings. The van der Waals surface area contributed by atoms with Crippen molar-refractivity contribution < 1.29 is 9.47 Å². The molecule has 2 aromatic rings. The van der Waals surface area contributed by atoms with Crippen LogP contribution in [0, 0.1) is 5.41 Å². The maximum absolute atomic E-state index is 7.67. The SMILES string of the molecule is CCCCOCCOc1cc(C(=N)N)c2ccccc2n1. The molecule has 112 valence electrons. The van der Waals surface area contributed by atoms with Crippen LogP contribution in [0.4, 0.5) is 0 Å². The molecule has 5 nitrogen and oxygen atoms in total. The molecule has 0 atom stereocenters. The van der Waals surface area contributed by atoms with Crippen LogP contribution in [-0.2, 0) is 4.74 Å². The van der Waals surface area contributed by atoms with E-state index in [0.717, 1.165) is 30.4 Å². The fourth-order valence-corrected chi connectivity index (χ4v) is 2.00. The molecule has 0 unspecified atom stereocenters. The number of nitrogens with one attached hydrogen (secondary N) is 1. The monoisotopic (exact) mass is 287 g/mol. The Morgan fingerprint density at radius 3 is 2.81 bits per heavy atom. The number of hydrogen-bond acceptors (Lipinski definition) is 4. The molecular weight excluding hydrogens is 266 g/mol. The highest BCUT2D eigenvalue weighted by molar-refractivity contribution is 6.06. The Hall–Kier alpha value is -2.14. The van der Waals surface area contributed by atoms with Gasteiger partial charge in [0.1, 0.15) is 12.4 Å². The molecule has 3 N–H and O–H groups in total. The highest BCUT2D eigenvalue weighted by Gasteiger charge is 2.08. The van der Waals surface area contributed by atoms with Crippen LogP contribution < -0.4 is 10.5 Å². The summed E-state index contributed by atoms with van der Waals surface area (Å²) in [6, 6.07) is 9.29. The third-order valence-electron chi connectivity index (χ3n) is 3.10. The fraction of sp³-hybridized carbons (Fsp3) is 0.375. The number of nitrogen functional groups attached to an aromatic ring is 1. The van der Waals surface area contributed by atoms with Gasteiger partial charge in [0.25, 0.3) is 0 Å². The second kappa shape index (κ2) is 7.59. The highest BCUT2D eigenvalue weighted by Crippen LogP contribution is 2.21. The number of para-hydroxylation sites is 1. The number of nitrogens with two attached hydrogens (primary N) is 1. The van der Waals surface area contributed by atoms with Crippen LogP contribution in [0.1, 0.15) is 25.3 Å². The first-order chi connectivity index (χ1) is 10.2. The van der Waals surface area contributed by atoms with Gasteiger partial charge in [-0.05, 0) is 12.5 Å². The minimum Gasteiger partial charge on any atom is -0.475 e. The molecule has 0 radical (unpaired) electrons. The molecule has 0 aliphatic heterocycles. The Balaban J connectivity index is 2.05. The van der Waals surface area contributed by atoms with Crippen molar-refractivity contribution >= 4 is 16.7 Å². The van der Waals surface area contributed by atoms with Crippen LogP contribution in [0.5, 0.6) is 5.88 Å². The van der Waals surface area contributed by atoms with Crippen LogP contribution in [0.3, 0.4) is 0 Å². The van der Waals surface area contributed by atoms with Gasteiger partial charge in [0.2, 0.25) is 5.88 Å². The Labute approximate surface area is 124 Å². The average molecular weight is 287 g/mol. The summed E-state index contributed by atoms with van der Waals surface area (Å²) in [5, 5.41) is 8.53. The van der Waals surface area contributed by atoms with E-state index in [1.807, 2.05) is 24.3 Å². The van der Waals surface area contributed by atoms with Crippen molar-refractivity contribution in [2.24, 2.45) is 5.73 Å². The van der Waals surface area contributed by atoms with E-state index in [9.17, 15) is 0 Å². The second-order valence-corrected chi connectivity index (χ2v) is 4.75.